The highest BCUT2D eigenvalue weighted by Gasteiger charge is 2.25. The monoisotopic (exact) mass is 298 g/mol. The number of likely N-dealkylation sites (tertiary alicyclic amines) is 1. The lowest BCUT2D eigenvalue weighted by Crippen LogP contribution is -2.42. The zero-order chi connectivity index (χ0) is 15.4. The maximum Gasteiger partial charge on any atom is 0.409 e. The maximum absolute atomic E-state index is 13.9. The first-order chi connectivity index (χ1) is 10.0. The predicted molar refractivity (Wildman–Crippen MR) is 76.3 cm³/mol. The smallest absolute Gasteiger partial charge is 0.409 e. The van der Waals surface area contributed by atoms with Crippen molar-refractivity contribution in [2.45, 2.75) is 32.7 Å². The van der Waals surface area contributed by atoms with Gasteiger partial charge in [0.1, 0.15) is 11.5 Å². The quantitative estimate of drug-likeness (QED) is 0.931. The number of nitrogens with one attached hydrogen (secondary N) is 1. The molecule has 0 radical (unpaired) electrons. The second-order valence-electron chi connectivity index (χ2n) is 5.16. The Balaban J connectivity index is 1.95. The molecule has 116 valence electrons. The van der Waals surface area contributed by atoms with Crippen molar-refractivity contribution in [1.29, 1.82) is 0 Å². The van der Waals surface area contributed by atoms with Crippen LogP contribution in [0.15, 0.2) is 12.1 Å². The van der Waals surface area contributed by atoms with Crippen LogP contribution >= 0.6 is 0 Å². The van der Waals surface area contributed by atoms with Crippen LogP contribution in [0.1, 0.15) is 25.3 Å². The van der Waals surface area contributed by atoms with Gasteiger partial charge in [0.25, 0.3) is 0 Å². The molecule has 1 N–H and O–H groups in total. The van der Waals surface area contributed by atoms with Gasteiger partial charge in [-0.05, 0) is 38.3 Å². The van der Waals surface area contributed by atoms with Gasteiger partial charge in [0.2, 0.25) is 0 Å². The Bertz CT molecular complexity index is 515. The summed E-state index contributed by atoms with van der Waals surface area (Å²) in [6, 6.07) is 2.62. The third kappa shape index (κ3) is 3.62. The molecule has 1 heterocycles. The van der Waals surface area contributed by atoms with E-state index in [2.05, 4.69) is 5.32 Å². The first-order valence-corrected chi connectivity index (χ1v) is 7.15. The van der Waals surface area contributed by atoms with E-state index in [9.17, 15) is 13.6 Å². The summed E-state index contributed by atoms with van der Waals surface area (Å²) in [5.74, 6) is -1.14. The van der Waals surface area contributed by atoms with Crippen LogP contribution in [0.25, 0.3) is 0 Å². The molecular formula is C15H20F2N2O2. The van der Waals surface area contributed by atoms with Gasteiger partial charge in [-0.25, -0.2) is 13.6 Å². The highest BCUT2D eigenvalue weighted by molar-refractivity contribution is 5.67. The molecule has 6 heteroatoms. The average molecular weight is 298 g/mol. The largest absolute Gasteiger partial charge is 0.450 e. The maximum atomic E-state index is 13.9. The van der Waals surface area contributed by atoms with Crippen LogP contribution in [0, 0.1) is 18.6 Å². The Kier molecular flexibility index (Phi) is 4.98. The molecule has 0 bridgehead atoms. The summed E-state index contributed by atoms with van der Waals surface area (Å²) in [5, 5.41) is 2.92. The van der Waals surface area contributed by atoms with Crippen LogP contribution in [0.5, 0.6) is 0 Å². The number of hydrogen-bond donors (Lipinski definition) is 1. The fourth-order valence-electron chi connectivity index (χ4n) is 2.41. The minimum atomic E-state index is -0.592. The molecule has 1 aliphatic rings. The van der Waals surface area contributed by atoms with Gasteiger partial charge < -0.3 is 15.0 Å². The summed E-state index contributed by atoms with van der Waals surface area (Å²) in [6.07, 6.45) is 0.931. The van der Waals surface area contributed by atoms with E-state index in [1.807, 2.05) is 0 Å². The summed E-state index contributed by atoms with van der Waals surface area (Å²) >= 11 is 0. The average Bonchev–Trinajstić information content (AvgIpc) is 2.48. The van der Waals surface area contributed by atoms with E-state index in [1.54, 1.807) is 18.7 Å². The molecule has 21 heavy (non-hydrogen) atoms. The standard InChI is InChI=1S/C15H20F2N2O2/c1-3-21-15(20)19-8-6-11(7-9-19)18-14-12(16)5-4-10(2)13(14)17/h4-5,11,18H,3,6-9H2,1-2H3. The second kappa shape index (κ2) is 6.74. The Morgan fingerprint density at radius 2 is 2.05 bits per heavy atom. The minimum absolute atomic E-state index is 0.0542. The van der Waals surface area contributed by atoms with E-state index >= 15 is 0 Å². The van der Waals surface area contributed by atoms with E-state index in [0.717, 1.165) is 0 Å². The Labute approximate surface area is 123 Å². The fraction of sp³-hybridized carbons (Fsp3) is 0.533. The summed E-state index contributed by atoms with van der Waals surface area (Å²) in [5.41, 5.74) is 0.326. The highest BCUT2D eigenvalue weighted by Crippen LogP contribution is 2.24. The molecular weight excluding hydrogens is 278 g/mol. The molecule has 0 aliphatic carbocycles. The van der Waals surface area contributed by atoms with E-state index in [-0.39, 0.29) is 17.8 Å². The van der Waals surface area contributed by atoms with E-state index in [0.29, 0.717) is 38.1 Å². The van der Waals surface area contributed by atoms with Crippen LogP contribution in [-0.4, -0.2) is 36.7 Å². The highest BCUT2D eigenvalue weighted by atomic mass is 19.1. The predicted octanol–water partition coefficient (Wildman–Crippen LogP) is 3.31. The van der Waals surface area contributed by atoms with Gasteiger partial charge in [0, 0.05) is 19.1 Å². The Morgan fingerprint density at radius 1 is 1.38 bits per heavy atom. The molecule has 1 aliphatic heterocycles. The molecule has 0 unspecified atom stereocenters. The number of benzene rings is 1. The number of rotatable bonds is 3. The number of carbonyl (C=O) groups is 1. The van der Waals surface area contributed by atoms with Crippen LogP contribution in [0.2, 0.25) is 0 Å². The van der Waals surface area contributed by atoms with Gasteiger partial charge in [-0.3, -0.25) is 0 Å². The van der Waals surface area contributed by atoms with Crippen LogP contribution in [-0.2, 0) is 4.74 Å². The first kappa shape index (κ1) is 15.5. The summed E-state index contributed by atoms with van der Waals surface area (Å²) in [7, 11) is 0. The number of aryl methyl sites for hydroxylation is 1. The van der Waals surface area contributed by atoms with Gasteiger partial charge in [-0.15, -0.1) is 0 Å². The molecule has 2 rings (SSSR count). The molecule has 1 saturated heterocycles. The molecule has 0 saturated carbocycles. The van der Waals surface area contributed by atoms with E-state index < -0.39 is 11.6 Å². The lowest BCUT2D eigenvalue weighted by Gasteiger charge is -2.32. The Morgan fingerprint density at radius 3 is 2.67 bits per heavy atom. The van der Waals surface area contributed by atoms with Gasteiger partial charge >= 0.3 is 6.09 Å². The SMILES string of the molecule is CCOC(=O)N1CCC(Nc2c(F)ccc(C)c2F)CC1. The van der Waals surface area contributed by atoms with Crippen molar-refractivity contribution in [2.24, 2.45) is 0 Å². The van der Waals surface area contributed by atoms with Crippen LogP contribution in [0.3, 0.4) is 0 Å². The van der Waals surface area contributed by atoms with Gasteiger partial charge in [-0.2, -0.15) is 0 Å². The van der Waals surface area contributed by atoms with Crippen molar-refractivity contribution in [3.05, 3.63) is 29.3 Å². The summed E-state index contributed by atoms with van der Waals surface area (Å²) < 4.78 is 32.6. The molecule has 0 spiro atoms. The number of amides is 1. The van der Waals surface area contributed by atoms with Crippen LogP contribution < -0.4 is 5.32 Å². The third-order valence-electron chi connectivity index (χ3n) is 3.65. The van der Waals surface area contributed by atoms with Gasteiger partial charge in [0.15, 0.2) is 5.82 Å². The number of nitrogens with zero attached hydrogens (tertiary/aromatic N) is 1. The van der Waals surface area contributed by atoms with Crippen molar-refractivity contribution < 1.29 is 18.3 Å². The molecule has 1 fully saturated rings. The fourth-order valence-corrected chi connectivity index (χ4v) is 2.41. The second-order valence-corrected chi connectivity index (χ2v) is 5.16. The number of carbonyl (C=O) groups excluding carboxylic acids is 1. The molecule has 1 aromatic carbocycles. The molecule has 0 atom stereocenters. The summed E-state index contributed by atoms with van der Waals surface area (Å²) in [4.78, 5) is 13.2. The van der Waals surface area contributed by atoms with E-state index in [4.69, 9.17) is 4.74 Å². The van der Waals surface area contributed by atoms with Crippen molar-refractivity contribution in [1.82, 2.24) is 4.90 Å². The minimum Gasteiger partial charge on any atom is -0.450 e. The lowest BCUT2D eigenvalue weighted by molar-refractivity contribution is 0.0983. The molecule has 1 amide bonds. The molecule has 1 aromatic rings. The van der Waals surface area contributed by atoms with Crippen molar-refractivity contribution in [3.63, 3.8) is 0 Å². The van der Waals surface area contributed by atoms with Crippen LogP contribution in [0.4, 0.5) is 19.3 Å². The molecule has 4 nitrogen and oxygen atoms in total. The zero-order valence-electron chi connectivity index (χ0n) is 12.3. The number of anilines is 1. The Hall–Kier alpha value is -1.85. The van der Waals surface area contributed by atoms with Crippen molar-refractivity contribution in [3.8, 4) is 0 Å². The zero-order valence-corrected chi connectivity index (χ0v) is 12.3. The number of piperidine rings is 1. The number of hydrogen-bond acceptors (Lipinski definition) is 3. The van der Waals surface area contributed by atoms with E-state index in [1.165, 1.54) is 12.1 Å². The normalized spacial score (nSPS) is 15.9. The van der Waals surface area contributed by atoms with Gasteiger partial charge in [-0.1, -0.05) is 6.07 Å². The topological polar surface area (TPSA) is 41.6 Å². The lowest BCUT2D eigenvalue weighted by atomic mass is 10.0. The summed E-state index contributed by atoms with van der Waals surface area (Å²) in [6.45, 7) is 4.74. The molecule has 0 aromatic heterocycles. The third-order valence-corrected chi connectivity index (χ3v) is 3.65. The first-order valence-electron chi connectivity index (χ1n) is 7.15. The van der Waals surface area contributed by atoms with Crippen molar-refractivity contribution in [2.75, 3.05) is 25.0 Å². The van der Waals surface area contributed by atoms with Crippen molar-refractivity contribution >= 4 is 11.8 Å². The number of halogens is 2. The number of ether oxygens (including phenoxy) is 1. The van der Waals surface area contributed by atoms with Gasteiger partial charge in [0.05, 0.1) is 6.61 Å².